The van der Waals surface area contributed by atoms with Gasteiger partial charge < -0.3 is 15.4 Å². The minimum atomic E-state index is -1.92. The Morgan fingerprint density at radius 3 is 2.56 bits per heavy atom. The minimum Gasteiger partial charge on any atom is -0.423 e. The van der Waals surface area contributed by atoms with E-state index in [0.717, 1.165) is 12.1 Å². The van der Waals surface area contributed by atoms with Gasteiger partial charge in [-0.05, 0) is 32.0 Å². The molecule has 1 aromatic rings. The van der Waals surface area contributed by atoms with Gasteiger partial charge in [-0.25, -0.2) is 4.39 Å². The first kappa shape index (κ1) is 12.7. The van der Waals surface area contributed by atoms with Crippen LogP contribution in [0.5, 0.6) is 0 Å². The second kappa shape index (κ2) is 5.09. The van der Waals surface area contributed by atoms with Crippen molar-refractivity contribution in [2.45, 2.75) is 19.9 Å². The van der Waals surface area contributed by atoms with Gasteiger partial charge in [-0.2, -0.15) is 0 Å². The van der Waals surface area contributed by atoms with Crippen molar-refractivity contribution in [1.82, 2.24) is 5.32 Å². The Hall–Kier alpha value is -1.40. The average Bonchev–Trinajstić information content (AvgIpc) is 2.16. The van der Waals surface area contributed by atoms with Crippen LogP contribution in [-0.4, -0.2) is 29.1 Å². The fourth-order valence-corrected chi connectivity index (χ4v) is 1.23. The standard InChI is InChI=1S/C10H13BFNO3/c1-6(2)13-10(14)7-3-4-9(12)8(5-7)11(15)16/h3-6,15-16H,1-2H3,(H,13,14). The van der Waals surface area contributed by atoms with Crippen molar-refractivity contribution in [3.8, 4) is 0 Å². The SMILES string of the molecule is CC(C)NC(=O)c1ccc(F)c(B(O)O)c1. The number of halogens is 1. The second-order valence-electron chi connectivity index (χ2n) is 3.74. The Morgan fingerprint density at radius 1 is 1.44 bits per heavy atom. The Bertz CT molecular complexity index is 396. The molecule has 0 aromatic heterocycles. The maximum absolute atomic E-state index is 13.1. The lowest BCUT2D eigenvalue weighted by Crippen LogP contribution is -2.35. The molecule has 4 nitrogen and oxygen atoms in total. The number of benzene rings is 1. The third-order valence-corrected chi connectivity index (χ3v) is 1.96. The quantitative estimate of drug-likeness (QED) is 0.615. The molecule has 0 aliphatic rings. The molecule has 3 N–H and O–H groups in total. The van der Waals surface area contributed by atoms with Crippen LogP contribution in [0.15, 0.2) is 18.2 Å². The predicted octanol–water partition coefficient (Wildman–Crippen LogP) is -0.356. The van der Waals surface area contributed by atoms with Crippen LogP contribution >= 0.6 is 0 Å². The maximum atomic E-state index is 13.1. The molecule has 16 heavy (non-hydrogen) atoms. The van der Waals surface area contributed by atoms with E-state index in [9.17, 15) is 9.18 Å². The lowest BCUT2D eigenvalue weighted by molar-refractivity contribution is 0.0943. The summed E-state index contributed by atoms with van der Waals surface area (Å²) in [5.74, 6) is -1.13. The van der Waals surface area contributed by atoms with E-state index in [2.05, 4.69) is 5.32 Å². The molecule has 0 aliphatic heterocycles. The van der Waals surface area contributed by atoms with Crippen LogP contribution < -0.4 is 10.8 Å². The lowest BCUT2D eigenvalue weighted by atomic mass is 9.79. The van der Waals surface area contributed by atoms with E-state index in [-0.39, 0.29) is 23.0 Å². The number of carbonyl (C=O) groups is 1. The van der Waals surface area contributed by atoms with Crippen LogP contribution in [0.3, 0.4) is 0 Å². The molecule has 86 valence electrons. The second-order valence-corrected chi connectivity index (χ2v) is 3.74. The van der Waals surface area contributed by atoms with Crippen LogP contribution in [0.4, 0.5) is 4.39 Å². The molecule has 1 amide bonds. The van der Waals surface area contributed by atoms with E-state index in [1.54, 1.807) is 13.8 Å². The van der Waals surface area contributed by atoms with Gasteiger partial charge in [-0.1, -0.05) is 0 Å². The van der Waals surface area contributed by atoms with E-state index in [0.29, 0.717) is 0 Å². The molecule has 1 aromatic carbocycles. The molecule has 0 radical (unpaired) electrons. The van der Waals surface area contributed by atoms with Gasteiger partial charge in [-0.3, -0.25) is 4.79 Å². The number of rotatable bonds is 3. The first-order valence-corrected chi connectivity index (χ1v) is 4.88. The molecule has 0 saturated carbocycles. The van der Waals surface area contributed by atoms with Crippen LogP contribution in [0.2, 0.25) is 0 Å². The van der Waals surface area contributed by atoms with Crippen LogP contribution in [0.25, 0.3) is 0 Å². The molecule has 0 spiro atoms. The summed E-state index contributed by atoms with van der Waals surface area (Å²) in [6.45, 7) is 3.59. The van der Waals surface area contributed by atoms with E-state index in [1.807, 2.05) is 0 Å². The van der Waals surface area contributed by atoms with E-state index < -0.39 is 12.9 Å². The first-order chi connectivity index (χ1) is 7.41. The van der Waals surface area contributed by atoms with Gasteiger partial charge in [0.15, 0.2) is 0 Å². The summed E-state index contributed by atoms with van der Waals surface area (Å²) in [4.78, 5) is 11.5. The molecule has 0 atom stereocenters. The lowest BCUT2D eigenvalue weighted by Gasteiger charge is -2.09. The topological polar surface area (TPSA) is 69.6 Å². The molecular formula is C10H13BFNO3. The largest absolute Gasteiger partial charge is 0.491 e. The number of carbonyl (C=O) groups excluding carboxylic acids is 1. The average molecular weight is 225 g/mol. The van der Waals surface area contributed by atoms with Gasteiger partial charge >= 0.3 is 7.12 Å². The van der Waals surface area contributed by atoms with Gasteiger partial charge in [0.2, 0.25) is 0 Å². The molecular weight excluding hydrogens is 212 g/mol. The highest BCUT2D eigenvalue weighted by Gasteiger charge is 2.18. The minimum absolute atomic E-state index is 0.0416. The molecule has 0 fully saturated rings. The summed E-state index contributed by atoms with van der Waals surface area (Å²) < 4.78 is 13.1. The zero-order valence-corrected chi connectivity index (χ0v) is 9.07. The monoisotopic (exact) mass is 225 g/mol. The fourth-order valence-electron chi connectivity index (χ4n) is 1.23. The highest BCUT2D eigenvalue weighted by atomic mass is 19.1. The van der Waals surface area contributed by atoms with E-state index in [4.69, 9.17) is 10.0 Å². The summed E-state index contributed by atoms with van der Waals surface area (Å²) >= 11 is 0. The number of amides is 1. The normalized spacial score (nSPS) is 10.4. The van der Waals surface area contributed by atoms with Gasteiger partial charge in [0.05, 0.1) is 0 Å². The summed E-state index contributed by atoms with van der Waals surface area (Å²) in [6.07, 6.45) is 0. The van der Waals surface area contributed by atoms with Crippen molar-refractivity contribution in [3.05, 3.63) is 29.6 Å². The molecule has 1 rings (SSSR count). The number of hydrogen-bond acceptors (Lipinski definition) is 3. The Morgan fingerprint density at radius 2 is 2.06 bits per heavy atom. The molecule has 0 unspecified atom stereocenters. The summed E-state index contributed by atoms with van der Waals surface area (Å²) in [5, 5.41) is 20.4. The summed E-state index contributed by atoms with van der Waals surface area (Å²) in [5.41, 5.74) is -0.116. The fraction of sp³-hybridized carbons (Fsp3) is 0.300. The molecule has 6 heteroatoms. The summed E-state index contributed by atoms with van der Waals surface area (Å²) in [7, 11) is -1.92. The molecule has 0 saturated heterocycles. The van der Waals surface area contributed by atoms with Crippen molar-refractivity contribution in [2.75, 3.05) is 0 Å². The Kier molecular flexibility index (Phi) is 4.03. The Labute approximate surface area is 93.2 Å². The molecule has 0 bridgehead atoms. The predicted molar refractivity (Wildman–Crippen MR) is 58.8 cm³/mol. The summed E-state index contributed by atoms with van der Waals surface area (Å²) in [6, 6.07) is 3.40. The van der Waals surface area contributed by atoms with Gasteiger partial charge in [0.1, 0.15) is 5.82 Å². The van der Waals surface area contributed by atoms with Gasteiger partial charge in [0.25, 0.3) is 5.91 Å². The third-order valence-electron chi connectivity index (χ3n) is 1.96. The zero-order chi connectivity index (χ0) is 12.3. The Balaban J connectivity index is 2.98. The first-order valence-electron chi connectivity index (χ1n) is 4.88. The van der Waals surface area contributed by atoms with Crippen LogP contribution in [-0.2, 0) is 0 Å². The van der Waals surface area contributed by atoms with Crippen molar-refractivity contribution < 1.29 is 19.2 Å². The van der Waals surface area contributed by atoms with Crippen molar-refractivity contribution in [1.29, 1.82) is 0 Å². The van der Waals surface area contributed by atoms with Crippen molar-refractivity contribution in [2.24, 2.45) is 0 Å². The third kappa shape index (κ3) is 3.05. The highest BCUT2D eigenvalue weighted by molar-refractivity contribution is 6.58. The van der Waals surface area contributed by atoms with Crippen LogP contribution in [0.1, 0.15) is 24.2 Å². The molecule has 0 heterocycles. The van der Waals surface area contributed by atoms with E-state index in [1.165, 1.54) is 6.07 Å². The molecule has 0 aliphatic carbocycles. The van der Waals surface area contributed by atoms with Gasteiger partial charge in [-0.15, -0.1) is 0 Å². The maximum Gasteiger partial charge on any atom is 0.491 e. The van der Waals surface area contributed by atoms with Crippen molar-refractivity contribution in [3.63, 3.8) is 0 Å². The van der Waals surface area contributed by atoms with Crippen molar-refractivity contribution >= 4 is 18.5 Å². The zero-order valence-electron chi connectivity index (χ0n) is 9.07. The highest BCUT2D eigenvalue weighted by Crippen LogP contribution is 2.02. The number of nitrogens with one attached hydrogen (secondary N) is 1. The van der Waals surface area contributed by atoms with Gasteiger partial charge in [0, 0.05) is 17.1 Å². The smallest absolute Gasteiger partial charge is 0.423 e. The number of hydrogen-bond donors (Lipinski definition) is 3. The van der Waals surface area contributed by atoms with Crippen LogP contribution in [0, 0.1) is 5.82 Å². The van der Waals surface area contributed by atoms with E-state index >= 15 is 0 Å².